The summed E-state index contributed by atoms with van der Waals surface area (Å²) in [4.78, 5) is 13.4. The third-order valence-corrected chi connectivity index (χ3v) is 8.12. The molecule has 2 aromatic carbocycles. The lowest BCUT2D eigenvalue weighted by atomic mass is 9.83. The van der Waals surface area contributed by atoms with Crippen LogP contribution in [0.4, 0.5) is 26.3 Å². The maximum Gasteiger partial charge on any atom is 0.416 e. The Hall–Kier alpha value is -2.75. The number of halogens is 6. The van der Waals surface area contributed by atoms with Gasteiger partial charge < -0.3 is 9.84 Å². The highest BCUT2D eigenvalue weighted by Gasteiger charge is 2.40. The zero-order chi connectivity index (χ0) is 28.5. The van der Waals surface area contributed by atoms with Gasteiger partial charge in [0.25, 0.3) is 0 Å². The fourth-order valence-electron chi connectivity index (χ4n) is 5.65. The molecule has 2 fully saturated rings. The first-order valence-corrected chi connectivity index (χ1v) is 13.2. The van der Waals surface area contributed by atoms with E-state index in [0.717, 1.165) is 18.4 Å². The van der Waals surface area contributed by atoms with Crippen LogP contribution in [0.5, 0.6) is 5.75 Å². The molecule has 1 N–H and O–H groups in total. The second kappa shape index (κ2) is 11.4. The molecule has 4 nitrogen and oxygen atoms in total. The number of nitrogens with zero attached hydrogens (tertiary/aromatic N) is 1. The highest BCUT2D eigenvalue weighted by Crippen LogP contribution is 2.47. The number of carbonyl (C=O) groups is 1. The van der Waals surface area contributed by atoms with Crippen molar-refractivity contribution in [3.63, 3.8) is 0 Å². The quantitative estimate of drug-likeness (QED) is 0.320. The van der Waals surface area contributed by atoms with Crippen molar-refractivity contribution in [3.05, 3.63) is 64.7 Å². The summed E-state index contributed by atoms with van der Waals surface area (Å²) in [5, 5.41) is 9.53. The number of carboxylic acids is 1. The smallest absolute Gasteiger partial charge is 0.416 e. The van der Waals surface area contributed by atoms with Gasteiger partial charge in [0.2, 0.25) is 0 Å². The number of hydrogen-bond acceptors (Lipinski definition) is 3. The summed E-state index contributed by atoms with van der Waals surface area (Å²) in [6.07, 6.45) is -6.21. The minimum Gasteiger partial charge on any atom is -0.493 e. The lowest BCUT2D eigenvalue weighted by Crippen LogP contribution is -2.38. The monoisotopic (exact) mass is 557 g/mol. The molecule has 2 aliphatic rings. The number of likely N-dealkylation sites (tertiary alicyclic amines) is 1. The van der Waals surface area contributed by atoms with Crippen molar-refractivity contribution >= 4 is 5.97 Å². The van der Waals surface area contributed by atoms with Gasteiger partial charge in [0.1, 0.15) is 5.75 Å². The van der Waals surface area contributed by atoms with Crippen molar-refractivity contribution in [2.24, 2.45) is 17.8 Å². The number of hydrogen-bond donors (Lipinski definition) is 1. The van der Waals surface area contributed by atoms with Crippen molar-refractivity contribution in [2.75, 3.05) is 19.7 Å². The van der Waals surface area contributed by atoms with Crippen LogP contribution >= 0.6 is 0 Å². The molecule has 0 spiro atoms. The minimum absolute atomic E-state index is 0.0757. The first-order valence-electron chi connectivity index (χ1n) is 13.2. The summed E-state index contributed by atoms with van der Waals surface area (Å²) < 4.78 is 86.5. The molecule has 1 saturated carbocycles. The summed E-state index contributed by atoms with van der Waals surface area (Å²) in [6.45, 7) is 4.50. The maximum atomic E-state index is 13.6. The van der Waals surface area contributed by atoms with Crippen molar-refractivity contribution in [1.82, 2.24) is 4.90 Å². The molecule has 214 valence electrons. The summed E-state index contributed by atoms with van der Waals surface area (Å²) in [5.41, 5.74) is -1.57. The van der Waals surface area contributed by atoms with Crippen molar-refractivity contribution < 1.29 is 41.0 Å². The molecule has 0 radical (unpaired) electrons. The molecule has 0 bridgehead atoms. The van der Waals surface area contributed by atoms with Crippen molar-refractivity contribution in [2.45, 2.75) is 63.8 Å². The predicted molar refractivity (Wildman–Crippen MR) is 133 cm³/mol. The van der Waals surface area contributed by atoms with E-state index in [4.69, 9.17) is 4.74 Å². The van der Waals surface area contributed by atoms with Gasteiger partial charge in [-0.2, -0.15) is 26.3 Å². The molecule has 3 unspecified atom stereocenters. The summed E-state index contributed by atoms with van der Waals surface area (Å²) in [7, 11) is 0. The number of alkyl halides is 6. The van der Waals surface area contributed by atoms with E-state index in [1.807, 2.05) is 24.3 Å². The maximum absolute atomic E-state index is 13.6. The van der Waals surface area contributed by atoms with Crippen molar-refractivity contribution in [1.29, 1.82) is 0 Å². The Labute approximate surface area is 224 Å². The Morgan fingerprint density at radius 2 is 1.64 bits per heavy atom. The van der Waals surface area contributed by atoms with Gasteiger partial charge in [0, 0.05) is 6.04 Å². The third kappa shape index (κ3) is 7.07. The van der Waals surface area contributed by atoms with Gasteiger partial charge in [-0.1, -0.05) is 19.1 Å². The predicted octanol–water partition coefficient (Wildman–Crippen LogP) is 7.79. The van der Waals surface area contributed by atoms with Crippen LogP contribution in [0.1, 0.15) is 73.7 Å². The van der Waals surface area contributed by atoms with Crippen LogP contribution in [-0.2, 0) is 17.1 Å². The van der Waals surface area contributed by atoms with E-state index >= 15 is 0 Å². The molecule has 2 aromatic rings. The van der Waals surface area contributed by atoms with Gasteiger partial charge in [-0.25, -0.2) is 0 Å². The molecule has 1 aliphatic heterocycles. The Balaban J connectivity index is 1.38. The second-order valence-corrected chi connectivity index (χ2v) is 10.8. The normalized spacial score (nSPS) is 19.9. The van der Waals surface area contributed by atoms with E-state index in [2.05, 4.69) is 0 Å². The van der Waals surface area contributed by atoms with Crippen molar-refractivity contribution in [3.8, 4) is 5.75 Å². The van der Waals surface area contributed by atoms with E-state index in [1.54, 1.807) is 11.8 Å². The van der Waals surface area contributed by atoms with Crippen LogP contribution < -0.4 is 4.74 Å². The van der Waals surface area contributed by atoms with Gasteiger partial charge in [0.15, 0.2) is 0 Å². The summed E-state index contributed by atoms with van der Waals surface area (Å²) in [5.74, 6) is -0.274. The van der Waals surface area contributed by atoms with Crippen LogP contribution in [0.25, 0.3) is 0 Å². The minimum atomic E-state index is -4.75. The zero-order valence-electron chi connectivity index (χ0n) is 21.9. The highest BCUT2D eigenvalue weighted by molar-refractivity contribution is 5.71. The molecule has 1 heterocycles. The Bertz CT molecular complexity index is 1150. The zero-order valence-corrected chi connectivity index (χ0v) is 21.9. The van der Waals surface area contributed by atoms with E-state index in [9.17, 15) is 36.2 Å². The fraction of sp³-hybridized carbons (Fsp3) is 0.552. The first kappa shape index (κ1) is 29.2. The lowest BCUT2D eigenvalue weighted by Gasteiger charge is -2.37. The highest BCUT2D eigenvalue weighted by atomic mass is 19.4. The molecule has 39 heavy (non-hydrogen) atoms. The van der Waals surface area contributed by atoms with E-state index in [0.29, 0.717) is 62.4 Å². The number of rotatable bonds is 9. The molecule has 1 aliphatic carbocycles. The van der Waals surface area contributed by atoms with E-state index < -0.39 is 41.4 Å². The number of piperidine rings is 1. The Morgan fingerprint density at radius 3 is 2.21 bits per heavy atom. The SMILES string of the molecule is CC(C(=O)O)C(c1cccc(OCC2CCN(C(C)c3cc(C(F)(F)F)ccc3C(F)(F)F)CC2)c1)C1CC1. The molecule has 10 heteroatoms. The van der Waals surface area contributed by atoms with Gasteiger partial charge in [-0.05, 0) is 105 Å². The standard InChI is InChI=1S/C29H33F6NO3/c1-17(27(37)38)26(20-6-7-20)21-4-3-5-23(14-21)39-16-19-10-12-36(13-11-19)18(2)24-15-22(28(30,31)32)8-9-25(24)29(33,34)35/h3-5,8-9,14-15,17-20,26H,6-7,10-13,16H2,1-2H3,(H,37,38). The molecular weight excluding hydrogens is 524 g/mol. The summed E-state index contributed by atoms with van der Waals surface area (Å²) in [6, 6.07) is 8.29. The van der Waals surface area contributed by atoms with Gasteiger partial charge in [0.05, 0.1) is 23.7 Å². The van der Waals surface area contributed by atoms with Crippen LogP contribution in [-0.4, -0.2) is 35.7 Å². The fourth-order valence-corrected chi connectivity index (χ4v) is 5.65. The number of ether oxygens (including phenoxy) is 1. The largest absolute Gasteiger partial charge is 0.493 e. The Kier molecular flexibility index (Phi) is 8.54. The number of benzene rings is 2. The topological polar surface area (TPSA) is 49.8 Å². The average molecular weight is 558 g/mol. The second-order valence-electron chi connectivity index (χ2n) is 10.8. The Morgan fingerprint density at radius 1 is 0.974 bits per heavy atom. The van der Waals surface area contributed by atoms with Crippen LogP contribution in [0.15, 0.2) is 42.5 Å². The summed E-state index contributed by atoms with van der Waals surface area (Å²) >= 11 is 0. The molecule has 3 atom stereocenters. The first-order chi connectivity index (χ1) is 18.3. The van der Waals surface area contributed by atoms with Crippen LogP contribution in [0.2, 0.25) is 0 Å². The number of carboxylic acid groups (broad SMARTS) is 1. The van der Waals surface area contributed by atoms with Crippen LogP contribution in [0, 0.1) is 17.8 Å². The lowest BCUT2D eigenvalue weighted by molar-refractivity contribution is -0.142. The van der Waals surface area contributed by atoms with Crippen LogP contribution in [0.3, 0.4) is 0 Å². The average Bonchev–Trinajstić information content (AvgIpc) is 3.71. The van der Waals surface area contributed by atoms with Gasteiger partial charge in [-0.15, -0.1) is 0 Å². The van der Waals surface area contributed by atoms with E-state index in [-0.39, 0.29) is 17.4 Å². The molecule has 1 saturated heterocycles. The molecule has 0 aromatic heterocycles. The molecule has 0 amide bonds. The van der Waals surface area contributed by atoms with E-state index in [1.165, 1.54) is 6.92 Å². The van der Waals surface area contributed by atoms with Gasteiger partial charge >= 0.3 is 18.3 Å². The number of aliphatic carboxylic acids is 1. The molecule has 4 rings (SSSR count). The molecular formula is C29H33F6NO3. The van der Waals surface area contributed by atoms with Gasteiger partial charge in [-0.3, -0.25) is 9.69 Å². The third-order valence-electron chi connectivity index (χ3n) is 8.12.